The predicted octanol–water partition coefficient (Wildman–Crippen LogP) is 2.85. The number of carbonyl (C=O) groups is 1. The molecule has 0 saturated heterocycles. The van der Waals surface area contributed by atoms with Gasteiger partial charge in [0.1, 0.15) is 5.82 Å². The van der Waals surface area contributed by atoms with E-state index < -0.39 is 0 Å². The first-order valence-electron chi connectivity index (χ1n) is 5.97. The van der Waals surface area contributed by atoms with E-state index in [0.717, 1.165) is 5.56 Å². The van der Waals surface area contributed by atoms with Crippen LogP contribution >= 0.6 is 0 Å². The second kappa shape index (κ2) is 5.63. The zero-order valence-corrected chi connectivity index (χ0v) is 10.6. The number of para-hydroxylation sites is 1. The first-order valence-corrected chi connectivity index (χ1v) is 5.97. The molecule has 1 amide bonds. The van der Waals surface area contributed by atoms with Crippen molar-refractivity contribution in [1.82, 2.24) is 0 Å². The van der Waals surface area contributed by atoms with Crippen molar-refractivity contribution in [3.05, 3.63) is 65.0 Å². The van der Waals surface area contributed by atoms with E-state index in [4.69, 9.17) is 5.73 Å². The first-order chi connectivity index (χ1) is 9.11. The van der Waals surface area contributed by atoms with Crippen LogP contribution in [0.1, 0.15) is 21.5 Å². The van der Waals surface area contributed by atoms with Gasteiger partial charge in [0.2, 0.25) is 0 Å². The summed E-state index contributed by atoms with van der Waals surface area (Å²) in [6.07, 6.45) is 0. The summed E-state index contributed by atoms with van der Waals surface area (Å²) in [5, 5.41) is 2.80. The largest absolute Gasteiger partial charge is 0.326 e. The monoisotopic (exact) mass is 258 g/mol. The number of nitrogens with two attached hydrogens (primary N) is 1. The number of anilines is 1. The van der Waals surface area contributed by atoms with Crippen LogP contribution in [0.3, 0.4) is 0 Å². The van der Waals surface area contributed by atoms with Crippen LogP contribution < -0.4 is 11.1 Å². The van der Waals surface area contributed by atoms with Crippen LogP contribution in [-0.4, -0.2) is 5.91 Å². The molecule has 2 rings (SSSR count). The fraction of sp³-hybridized carbons (Fsp3) is 0.133. The molecule has 0 unspecified atom stereocenters. The van der Waals surface area contributed by atoms with Crippen LogP contribution in [0.2, 0.25) is 0 Å². The highest BCUT2D eigenvalue weighted by Crippen LogP contribution is 2.17. The highest BCUT2D eigenvalue weighted by molar-refractivity contribution is 6.05. The molecule has 0 aliphatic rings. The van der Waals surface area contributed by atoms with E-state index in [2.05, 4.69) is 5.32 Å². The lowest BCUT2D eigenvalue weighted by Gasteiger charge is -2.11. The number of benzene rings is 2. The summed E-state index contributed by atoms with van der Waals surface area (Å²) >= 11 is 0. The molecular formula is C15H15FN2O. The van der Waals surface area contributed by atoms with Gasteiger partial charge in [-0.25, -0.2) is 4.39 Å². The number of amides is 1. The van der Waals surface area contributed by atoms with Crippen molar-refractivity contribution >= 4 is 11.6 Å². The Hall–Kier alpha value is -2.20. The summed E-state index contributed by atoms with van der Waals surface area (Å²) in [6, 6.07) is 11.4. The smallest absolute Gasteiger partial charge is 0.255 e. The van der Waals surface area contributed by atoms with Crippen molar-refractivity contribution in [2.24, 2.45) is 5.73 Å². The third kappa shape index (κ3) is 2.98. The Morgan fingerprint density at radius 2 is 2.00 bits per heavy atom. The van der Waals surface area contributed by atoms with Gasteiger partial charge >= 0.3 is 0 Å². The maximum absolute atomic E-state index is 13.0. The topological polar surface area (TPSA) is 55.1 Å². The quantitative estimate of drug-likeness (QED) is 0.889. The molecule has 3 N–H and O–H groups in total. The standard InChI is InChI=1S/C15H15FN2O/c1-10-8-12(16)6-7-13(10)15(19)18-14-5-3-2-4-11(14)9-17/h2-8H,9,17H2,1H3,(H,18,19). The van der Waals surface area contributed by atoms with Crippen molar-refractivity contribution in [3.8, 4) is 0 Å². The SMILES string of the molecule is Cc1cc(F)ccc1C(=O)Nc1ccccc1CN. The van der Waals surface area contributed by atoms with Crippen LogP contribution in [0, 0.1) is 12.7 Å². The third-order valence-corrected chi connectivity index (χ3v) is 2.92. The van der Waals surface area contributed by atoms with Gasteiger partial charge in [0.25, 0.3) is 5.91 Å². The van der Waals surface area contributed by atoms with Gasteiger partial charge < -0.3 is 11.1 Å². The van der Waals surface area contributed by atoms with Crippen LogP contribution in [-0.2, 0) is 6.54 Å². The minimum atomic E-state index is -0.351. The molecule has 3 nitrogen and oxygen atoms in total. The minimum Gasteiger partial charge on any atom is -0.326 e. The van der Waals surface area contributed by atoms with E-state index in [1.165, 1.54) is 18.2 Å². The highest BCUT2D eigenvalue weighted by Gasteiger charge is 2.11. The zero-order chi connectivity index (χ0) is 13.8. The molecule has 0 spiro atoms. The first kappa shape index (κ1) is 13.2. The highest BCUT2D eigenvalue weighted by atomic mass is 19.1. The van der Waals surface area contributed by atoms with Gasteiger partial charge in [0, 0.05) is 17.8 Å². The normalized spacial score (nSPS) is 10.3. The molecule has 0 aliphatic carbocycles. The van der Waals surface area contributed by atoms with Crippen molar-refractivity contribution in [3.63, 3.8) is 0 Å². The maximum Gasteiger partial charge on any atom is 0.255 e. The van der Waals surface area contributed by atoms with E-state index in [1.54, 1.807) is 13.0 Å². The molecule has 0 aromatic heterocycles. The molecule has 0 bridgehead atoms. The summed E-state index contributed by atoms with van der Waals surface area (Å²) in [5.74, 6) is -0.616. The lowest BCUT2D eigenvalue weighted by Crippen LogP contribution is -2.15. The van der Waals surface area contributed by atoms with E-state index in [1.807, 2.05) is 18.2 Å². The van der Waals surface area contributed by atoms with Crippen LogP contribution in [0.4, 0.5) is 10.1 Å². The second-order valence-electron chi connectivity index (χ2n) is 4.27. The average molecular weight is 258 g/mol. The fourth-order valence-corrected chi connectivity index (χ4v) is 1.89. The Bertz CT molecular complexity index is 611. The molecule has 0 radical (unpaired) electrons. The Labute approximate surface area is 111 Å². The lowest BCUT2D eigenvalue weighted by molar-refractivity contribution is 0.102. The van der Waals surface area contributed by atoms with Crippen molar-refractivity contribution in [2.45, 2.75) is 13.5 Å². The summed E-state index contributed by atoms with van der Waals surface area (Å²) in [5.41, 5.74) is 8.20. The Morgan fingerprint density at radius 3 is 2.68 bits per heavy atom. The lowest BCUT2D eigenvalue weighted by atomic mass is 10.1. The molecule has 19 heavy (non-hydrogen) atoms. The van der Waals surface area contributed by atoms with Gasteiger partial charge in [-0.2, -0.15) is 0 Å². The van der Waals surface area contributed by atoms with E-state index in [0.29, 0.717) is 23.4 Å². The molecule has 2 aromatic carbocycles. The number of nitrogens with one attached hydrogen (secondary N) is 1. The van der Waals surface area contributed by atoms with Crippen molar-refractivity contribution < 1.29 is 9.18 Å². The van der Waals surface area contributed by atoms with Gasteiger partial charge in [0.05, 0.1) is 0 Å². The van der Waals surface area contributed by atoms with E-state index in [-0.39, 0.29) is 11.7 Å². The fourth-order valence-electron chi connectivity index (χ4n) is 1.89. The Kier molecular flexibility index (Phi) is 3.92. The summed E-state index contributed by atoms with van der Waals surface area (Å²) in [7, 11) is 0. The molecule has 98 valence electrons. The number of rotatable bonds is 3. The maximum atomic E-state index is 13.0. The molecule has 0 saturated carbocycles. The van der Waals surface area contributed by atoms with E-state index >= 15 is 0 Å². The van der Waals surface area contributed by atoms with Gasteiger partial charge in [-0.05, 0) is 42.3 Å². The molecule has 2 aromatic rings. The van der Waals surface area contributed by atoms with Crippen LogP contribution in [0.15, 0.2) is 42.5 Å². The molecule has 4 heteroatoms. The van der Waals surface area contributed by atoms with E-state index in [9.17, 15) is 9.18 Å². The number of hydrogen-bond donors (Lipinski definition) is 2. The summed E-state index contributed by atoms with van der Waals surface area (Å²) in [6.45, 7) is 2.05. The molecule has 0 atom stereocenters. The molecule has 0 heterocycles. The second-order valence-corrected chi connectivity index (χ2v) is 4.27. The average Bonchev–Trinajstić information content (AvgIpc) is 2.39. The summed E-state index contributed by atoms with van der Waals surface area (Å²) < 4.78 is 13.0. The number of aryl methyl sites for hydroxylation is 1. The summed E-state index contributed by atoms with van der Waals surface area (Å²) in [4.78, 5) is 12.1. The molecular weight excluding hydrogens is 243 g/mol. The number of hydrogen-bond acceptors (Lipinski definition) is 2. The van der Waals surface area contributed by atoms with Gasteiger partial charge in [-0.3, -0.25) is 4.79 Å². The number of halogens is 1. The zero-order valence-electron chi connectivity index (χ0n) is 10.6. The van der Waals surface area contributed by atoms with Crippen LogP contribution in [0.25, 0.3) is 0 Å². The Morgan fingerprint density at radius 1 is 1.26 bits per heavy atom. The van der Waals surface area contributed by atoms with Crippen LogP contribution in [0.5, 0.6) is 0 Å². The van der Waals surface area contributed by atoms with Gasteiger partial charge in [-0.1, -0.05) is 18.2 Å². The van der Waals surface area contributed by atoms with Gasteiger partial charge in [0.15, 0.2) is 0 Å². The minimum absolute atomic E-state index is 0.265. The van der Waals surface area contributed by atoms with Gasteiger partial charge in [-0.15, -0.1) is 0 Å². The Balaban J connectivity index is 2.26. The molecule has 0 fully saturated rings. The van der Waals surface area contributed by atoms with Crippen molar-refractivity contribution in [2.75, 3.05) is 5.32 Å². The predicted molar refractivity (Wildman–Crippen MR) is 73.4 cm³/mol. The van der Waals surface area contributed by atoms with Crippen molar-refractivity contribution in [1.29, 1.82) is 0 Å². The third-order valence-electron chi connectivity index (χ3n) is 2.92. The number of carbonyl (C=O) groups excluding carboxylic acids is 1. The molecule has 0 aliphatic heterocycles.